The largest absolute Gasteiger partial charge is 0.292 e. The van der Waals surface area contributed by atoms with Crippen LogP contribution in [0.5, 0.6) is 0 Å². The summed E-state index contributed by atoms with van der Waals surface area (Å²) in [5.74, 6) is -3.95. The van der Waals surface area contributed by atoms with Gasteiger partial charge in [0.05, 0.1) is 46.2 Å². The van der Waals surface area contributed by atoms with Gasteiger partial charge in [-0.25, -0.2) is 5.01 Å². The first-order chi connectivity index (χ1) is 17.8. The number of benzene rings is 3. The van der Waals surface area contributed by atoms with Crippen molar-refractivity contribution in [2.45, 2.75) is 0 Å². The maximum atomic E-state index is 13.6. The van der Waals surface area contributed by atoms with Crippen LogP contribution in [0.15, 0.2) is 42.5 Å². The van der Waals surface area contributed by atoms with Gasteiger partial charge >= 0.3 is 0 Å². The maximum absolute atomic E-state index is 13.6. The van der Waals surface area contributed by atoms with Crippen molar-refractivity contribution in [2.24, 2.45) is 0 Å². The Bertz CT molecular complexity index is 1530. The zero-order valence-corrected chi connectivity index (χ0v) is 22.8. The van der Waals surface area contributed by atoms with E-state index < -0.39 is 46.1 Å². The molecule has 0 saturated heterocycles. The highest BCUT2D eigenvalue weighted by Crippen LogP contribution is 2.45. The lowest BCUT2D eigenvalue weighted by Crippen LogP contribution is -2.51. The zero-order chi connectivity index (χ0) is 28.0. The molecule has 0 bridgehead atoms. The third kappa shape index (κ3) is 4.82. The molecule has 1 aliphatic rings. The van der Waals surface area contributed by atoms with Gasteiger partial charge in [-0.15, -0.1) is 0 Å². The second-order valence-electron chi connectivity index (χ2n) is 7.65. The number of Topliss-reactive ketones (excluding diaryl/α,β-unsaturated/α-hetero) is 1. The molecule has 3 aromatic carbocycles. The number of hydrogen-bond donors (Lipinski definition) is 0. The highest BCUT2D eigenvalue weighted by Gasteiger charge is 2.46. The molecule has 0 unspecified atom stereocenters. The Morgan fingerprint density at radius 3 is 1.74 bits per heavy atom. The van der Waals surface area contributed by atoms with Gasteiger partial charge in [0.15, 0.2) is 5.78 Å². The third-order valence-electron chi connectivity index (χ3n) is 5.42. The van der Waals surface area contributed by atoms with Gasteiger partial charge in [0, 0.05) is 23.3 Å². The van der Waals surface area contributed by atoms with E-state index in [9.17, 15) is 29.3 Å². The average Bonchev–Trinajstić information content (AvgIpc) is 3.15. The van der Waals surface area contributed by atoms with Crippen LogP contribution < -0.4 is 0 Å². The van der Waals surface area contributed by atoms with Crippen molar-refractivity contribution < 1.29 is 24.1 Å². The number of rotatable bonds is 6. The van der Waals surface area contributed by atoms with Gasteiger partial charge in [0.1, 0.15) is 6.54 Å². The summed E-state index contributed by atoms with van der Waals surface area (Å²) >= 11 is 36.5. The summed E-state index contributed by atoms with van der Waals surface area (Å²) in [6.07, 6.45) is 0. The van der Waals surface area contributed by atoms with E-state index in [0.29, 0.717) is 10.0 Å². The lowest BCUT2D eigenvalue weighted by molar-refractivity contribution is -0.384. The molecule has 0 radical (unpaired) electrons. The second-order valence-corrected chi connectivity index (χ2v) is 9.97. The number of fused-ring (bicyclic) bond motifs is 1. The molecule has 0 aromatic heterocycles. The highest BCUT2D eigenvalue weighted by atomic mass is 35.5. The molecule has 0 aliphatic carbocycles. The highest BCUT2D eigenvalue weighted by molar-refractivity contribution is 6.55. The van der Waals surface area contributed by atoms with Gasteiger partial charge in [-0.3, -0.25) is 29.3 Å². The van der Waals surface area contributed by atoms with Crippen molar-refractivity contribution in [1.29, 1.82) is 0 Å². The Morgan fingerprint density at radius 2 is 1.26 bits per heavy atom. The molecular formula is C23H9Cl6N3O6. The molecule has 15 heteroatoms. The zero-order valence-electron chi connectivity index (χ0n) is 18.3. The Morgan fingerprint density at radius 1 is 0.763 bits per heavy atom. The standard InChI is InChI=1S/C23H9Cl6N3O6/c24-12-6-3-10(7-13(12)25)21(34)30(8-14(33)9-1-4-11(5-2-9)32(37)38)31-22(35)15-16(23(31)36)18(27)20(29)19(28)17(15)26/h1-7H,8H2. The molecule has 9 nitrogen and oxygen atoms in total. The van der Waals surface area contributed by atoms with Crippen LogP contribution in [0.1, 0.15) is 41.4 Å². The van der Waals surface area contributed by atoms with Crippen LogP contribution in [0, 0.1) is 10.1 Å². The first-order valence-electron chi connectivity index (χ1n) is 10.1. The smallest absolute Gasteiger partial charge is 0.282 e. The number of nitrogens with zero attached hydrogens (tertiary/aromatic N) is 3. The molecular weight excluding hydrogens is 627 g/mol. The topological polar surface area (TPSA) is 118 Å². The first kappa shape index (κ1) is 28.1. The van der Waals surface area contributed by atoms with Crippen molar-refractivity contribution in [1.82, 2.24) is 10.0 Å². The number of carbonyl (C=O) groups excluding carboxylic acids is 4. The number of amides is 3. The minimum absolute atomic E-state index is 0.00817. The number of hydrogen-bond acceptors (Lipinski definition) is 6. The van der Waals surface area contributed by atoms with Gasteiger partial charge in [0.2, 0.25) is 0 Å². The van der Waals surface area contributed by atoms with Crippen molar-refractivity contribution in [2.75, 3.05) is 6.54 Å². The Kier molecular flexibility index (Phi) is 7.90. The van der Waals surface area contributed by atoms with Crippen molar-refractivity contribution in [3.05, 3.63) is 105 Å². The van der Waals surface area contributed by atoms with E-state index in [1.54, 1.807) is 0 Å². The van der Waals surface area contributed by atoms with Crippen molar-refractivity contribution in [3.8, 4) is 0 Å². The summed E-state index contributed by atoms with van der Waals surface area (Å²) in [6, 6.07) is 8.26. The van der Waals surface area contributed by atoms with E-state index in [1.807, 2.05) is 0 Å². The maximum Gasteiger partial charge on any atom is 0.282 e. The van der Waals surface area contributed by atoms with Crippen LogP contribution in [0.3, 0.4) is 0 Å². The van der Waals surface area contributed by atoms with Crippen LogP contribution >= 0.6 is 69.6 Å². The molecule has 194 valence electrons. The normalized spacial score (nSPS) is 12.5. The molecule has 3 amide bonds. The fourth-order valence-electron chi connectivity index (χ4n) is 3.56. The Labute approximate surface area is 243 Å². The van der Waals surface area contributed by atoms with Gasteiger partial charge in [0.25, 0.3) is 23.4 Å². The fourth-order valence-corrected chi connectivity index (χ4v) is 4.88. The monoisotopic (exact) mass is 633 g/mol. The predicted octanol–water partition coefficient (Wildman–Crippen LogP) is 7.05. The van der Waals surface area contributed by atoms with E-state index in [-0.39, 0.29) is 47.0 Å². The summed E-state index contributed by atoms with van der Waals surface area (Å²) in [7, 11) is 0. The number of nitro groups is 1. The molecule has 4 rings (SSSR count). The molecule has 0 N–H and O–H groups in total. The van der Waals surface area contributed by atoms with Crippen LogP contribution in [-0.4, -0.2) is 45.0 Å². The van der Waals surface area contributed by atoms with Crippen molar-refractivity contribution >= 4 is 98.8 Å². The van der Waals surface area contributed by atoms with Gasteiger partial charge in [-0.1, -0.05) is 69.6 Å². The molecule has 0 spiro atoms. The van der Waals surface area contributed by atoms with Gasteiger partial charge < -0.3 is 0 Å². The van der Waals surface area contributed by atoms with E-state index in [4.69, 9.17) is 69.6 Å². The number of non-ortho nitro benzene ring substituents is 1. The predicted molar refractivity (Wildman–Crippen MR) is 142 cm³/mol. The minimum atomic E-state index is -1.10. The summed E-state index contributed by atoms with van der Waals surface area (Å²) in [6.45, 7) is -0.848. The summed E-state index contributed by atoms with van der Waals surface area (Å²) < 4.78 is 0. The van der Waals surface area contributed by atoms with Crippen LogP contribution in [0.2, 0.25) is 30.1 Å². The molecule has 0 fully saturated rings. The molecule has 1 aliphatic heterocycles. The van der Waals surface area contributed by atoms with E-state index >= 15 is 0 Å². The van der Waals surface area contributed by atoms with Crippen molar-refractivity contribution in [3.63, 3.8) is 0 Å². The number of halogens is 6. The molecule has 1 heterocycles. The fraction of sp³-hybridized carbons (Fsp3) is 0.0435. The van der Waals surface area contributed by atoms with E-state index in [1.165, 1.54) is 18.2 Å². The lowest BCUT2D eigenvalue weighted by atomic mass is 10.1. The lowest BCUT2D eigenvalue weighted by Gasteiger charge is -2.29. The number of hydrazine groups is 1. The number of carbonyl (C=O) groups is 4. The first-order valence-corrected chi connectivity index (χ1v) is 12.4. The van der Waals surface area contributed by atoms with E-state index in [0.717, 1.165) is 24.3 Å². The Balaban J connectivity index is 1.81. The number of imide groups is 1. The third-order valence-corrected chi connectivity index (χ3v) is 7.96. The molecule has 3 aromatic rings. The quantitative estimate of drug-likeness (QED) is 0.0715. The average molecular weight is 636 g/mol. The van der Waals surface area contributed by atoms with E-state index in [2.05, 4.69) is 0 Å². The minimum Gasteiger partial charge on any atom is -0.292 e. The molecule has 0 atom stereocenters. The molecule has 0 saturated carbocycles. The number of nitro benzene ring substituents is 1. The number of ketones is 1. The van der Waals surface area contributed by atoms with Gasteiger partial charge in [-0.05, 0) is 30.3 Å². The summed E-state index contributed by atoms with van der Waals surface area (Å²) in [4.78, 5) is 63.8. The summed E-state index contributed by atoms with van der Waals surface area (Å²) in [5, 5.41) is 10.7. The van der Waals surface area contributed by atoms with Crippen LogP contribution in [0.25, 0.3) is 0 Å². The van der Waals surface area contributed by atoms with Gasteiger partial charge in [-0.2, -0.15) is 5.01 Å². The van der Waals surface area contributed by atoms with Crippen LogP contribution in [-0.2, 0) is 0 Å². The summed E-state index contributed by atoms with van der Waals surface area (Å²) in [5.41, 5.74) is -1.26. The second kappa shape index (κ2) is 10.7. The molecule has 38 heavy (non-hydrogen) atoms. The Hall–Kier alpha value is -2.92. The van der Waals surface area contributed by atoms with Crippen LogP contribution in [0.4, 0.5) is 5.69 Å². The SMILES string of the molecule is O=C(CN(C(=O)c1ccc(Cl)c(Cl)c1)N1C(=O)c2c(Cl)c(Cl)c(Cl)c(Cl)c2C1=O)c1ccc([N+](=O)[O-])cc1.